The number of carbonyl (C=O) groups excluding carboxylic acids is 2. The molecule has 30 heavy (non-hydrogen) atoms. The smallest absolute Gasteiger partial charge is 0.223 e. The third kappa shape index (κ3) is 4.80. The van der Waals surface area contributed by atoms with Gasteiger partial charge in [-0.2, -0.15) is 0 Å². The monoisotopic (exact) mass is 434 g/mol. The van der Waals surface area contributed by atoms with Gasteiger partial charge in [0.15, 0.2) is 11.6 Å². The van der Waals surface area contributed by atoms with Crippen LogP contribution in [0.1, 0.15) is 36.1 Å². The van der Waals surface area contributed by atoms with E-state index in [4.69, 9.17) is 4.74 Å². The van der Waals surface area contributed by atoms with Crippen molar-refractivity contribution in [3.63, 3.8) is 0 Å². The molecule has 2 aromatic rings. The van der Waals surface area contributed by atoms with Crippen LogP contribution in [0.15, 0.2) is 29.6 Å². The van der Waals surface area contributed by atoms with E-state index in [0.29, 0.717) is 39.0 Å². The number of amides is 2. The molecule has 0 N–H and O–H groups in total. The molecule has 0 bridgehead atoms. The number of fused-ring (bicyclic) bond motifs is 1. The zero-order valence-corrected chi connectivity index (χ0v) is 17.4. The first-order valence-corrected chi connectivity index (χ1v) is 11.1. The summed E-state index contributed by atoms with van der Waals surface area (Å²) >= 11 is 1.73. The second kappa shape index (κ2) is 9.12. The molecular weight excluding hydrogens is 410 g/mol. The SMILES string of the molecule is O=C(CCC(=O)N1CCc2sccc2C1)N1CCC(Oc2ccc(F)cc2F)CC1. The fourth-order valence-electron chi connectivity index (χ4n) is 3.96. The lowest BCUT2D eigenvalue weighted by Crippen LogP contribution is -2.42. The fraction of sp³-hybridized carbons (Fsp3) is 0.455. The summed E-state index contributed by atoms with van der Waals surface area (Å²) in [7, 11) is 0. The minimum atomic E-state index is -0.723. The molecule has 8 heteroatoms. The van der Waals surface area contributed by atoms with Gasteiger partial charge >= 0.3 is 0 Å². The topological polar surface area (TPSA) is 49.9 Å². The van der Waals surface area contributed by atoms with E-state index in [1.165, 1.54) is 16.5 Å². The van der Waals surface area contributed by atoms with Crippen molar-refractivity contribution in [2.75, 3.05) is 19.6 Å². The van der Waals surface area contributed by atoms with Crippen LogP contribution in [0.5, 0.6) is 5.75 Å². The van der Waals surface area contributed by atoms with E-state index >= 15 is 0 Å². The number of likely N-dealkylation sites (tertiary alicyclic amines) is 1. The van der Waals surface area contributed by atoms with Crippen LogP contribution in [-0.2, 0) is 22.6 Å². The Bertz CT molecular complexity index is 925. The van der Waals surface area contributed by atoms with E-state index in [2.05, 4.69) is 11.4 Å². The van der Waals surface area contributed by atoms with Gasteiger partial charge in [0.1, 0.15) is 11.9 Å². The summed E-state index contributed by atoms with van der Waals surface area (Å²) in [5.41, 5.74) is 1.21. The zero-order chi connectivity index (χ0) is 21.1. The molecule has 1 fully saturated rings. The van der Waals surface area contributed by atoms with Crippen LogP contribution in [0, 0.1) is 11.6 Å². The van der Waals surface area contributed by atoms with Crippen LogP contribution in [0.3, 0.4) is 0 Å². The van der Waals surface area contributed by atoms with Gasteiger partial charge in [-0.1, -0.05) is 0 Å². The molecule has 2 aliphatic rings. The highest BCUT2D eigenvalue weighted by molar-refractivity contribution is 7.10. The van der Waals surface area contributed by atoms with Gasteiger partial charge in [-0.25, -0.2) is 8.78 Å². The van der Waals surface area contributed by atoms with Crippen molar-refractivity contribution in [3.05, 3.63) is 51.7 Å². The lowest BCUT2D eigenvalue weighted by atomic mass is 10.1. The van der Waals surface area contributed by atoms with Crippen molar-refractivity contribution in [2.24, 2.45) is 0 Å². The molecule has 160 valence electrons. The zero-order valence-electron chi connectivity index (χ0n) is 16.6. The Morgan fingerprint density at radius 3 is 2.50 bits per heavy atom. The first-order valence-electron chi connectivity index (χ1n) is 10.2. The van der Waals surface area contributed by atoms with Crippen molar-refractivity contribution < 1.29 is 23.1 Å². The number of thiophene rings is 1. The van der Waals surface area contributed by atoms with Gasteiger partial charge in [-0.15, -0.1) is 11.3 Å². The molecule has 4 rings (SSSR count). The molecule has 1 saturated heterocycles. The average molecular weight is 435 g/mol. The quantitative estimate of drug-likeness (QED) is 0.720. The summed E-state index contributed by atoms with van der Waals surface area (Å²) in [6.07, 6.45) is 2.23. The van der Waals surface area contributed by atoms with Crippen molar-refractivity contribution in [2.45, 2.75) is 44.8 Å². The standard InChI is InChI=1S/C22H24F2N2O3S/c23-16-1-2-19(18(24)13-16)29-17-5-9-25(10-6-17)21(27)3-4-22(28)26-11-7-20-15(14-26)8-12-30-20/h1-2,8,12-13,17H,3-7,9-11,14H2. The molecule has 3 heterocycles. The van der Waals surface area contributed by atoms with E-state index in [-0.39, 0.29) is 36.5 Å². The highest BCUT2D eigenvalue weighted by atomic mass is 32.1. The number of nitrogens with zero attached hydrogens (tertiary/aromatic N) is 2. The number of hydrogen-bond acceptors (Lipinski definition) is 4. The predicted molar refractivity (Wildman–Crippen MR) is 109 cm³/mol. The molecular formula is C22H24F2N2O3S. The van der Waals surface area contributed by atoms with E-state index in [1.54, 1.807) is 16.2 Å². The van der Waals surface area contributed by atoms with E-state index in [9.17, 15) is 18.4 Å². The number of piperidine rings is 1. The number of halogens is 2. The number of carbonyl (C=O) groups is 2. The van der Waals surface area contributed by atoms with Crippen LogP contribution in [-0.4, -0.2) is 47.4 Å². The summed E-state index contributed by atoms with van der Waals surface area (Å²) in [6, 6.07) is 5.31. The van der Waals surface area contributed by atoms with Gasteiger partial charge in [-0.3, -0.25) is 9.59 Å². The Kier molecular flexibility index (Phi) is 6.32. The summed E-state index contributed by atoms with van der Waals surface area (Å²) in [5.74, 6) is -1.36. The predicted octanol–water partition coefficient (Wildman–Crippen LogP) is 3.76. The number of hydrogen-bond donors (Lipinski definition) is 0. The maximum atomic E-state index is 13.7. The molecule has 0 saturated carbocycles. The Balaban J connectivity index is 1.20. The van der Waals surface area contributed by atoms with Crippen molar-refractivity contribution >= 4 is 23.2 Å². The van der Waals surface area contributed by atoms with Gasteiger partial charge in [0.2, 0.25) is 11.8 Å². The molecule has 2 aliphatic heterocycles. The van der Waals surface area contributed by atoms with E-state index < -0.39 is 11.6 Å². The third-order valence-electron chi connectivity index (χ3n) is 5.70. The molecule has 0 aliphatic carbocycles. The second-order valence-corrected chi connectivity index (χ2v) is 8.71. The summed E-state index contributed by atoms with van der Waals surface area (Å²) in [5, 5.41) is 2.06. The Morgan fingerprint density at radius 1 is 1.03 bits per heavy atom. The summed E-state index contributed by atoms with van der Waals surface area (Å²) < 4.78 is 32.4. The molecule has 5 nitrogen and oxygen atoms in total. The normalized spacial score (nSPS) is 17.0. The van der Waals surface area contributed by atoms with Gasteiger partial charge in [0, 0.05) is 62.8 Å². The highest BCUT2D eigenvalue weighted by Crippen LogP contribution is 2.25. The largest absolute Gasteiger partial charge is 0.487 e. The molecule has 0 atom stereocenters. The third-order valence-corrected chi connectivity index (χ3v) is 6.72. The van der Waals surface area contributed by atoms with Crippen molar-refractivity contribution in [1.29, 1.82) is 0 Å². The van der Waals surface area contributed by atoms with Gasteiger partial charge in [0.25, 0.3) is 0 Å². The second-order valence-electron chi connectivity index (χ2n) is 7.71. The maximum Gasteiger partial charge on any atom is 0.223 e. The fourth-order valence-corrected chi connectivity index (χ4v) is 4.85. The molecule has 0 unspecified atom stereocenters. The first-order chi connectivity index (χ1) is 14.5. The molecule has 0 radical (unpaired) electrons. The minimum Gasteiger partial charge on any atom is -0.487 e. The highest BCUT2D eigenvalue weighted by Gasteiger charge is 2.26. The molecule has 0 spiro atoms. The Labute approximate surface area is 178 Å². The first kappa shape index (κ1) is 20.8. The van der Waals surface area contributed by atoms with Gasteiger partial charge < -0.3 is 14.5 Å². The van der Waals surface area contributed by atoms with Crippen LogP contribution >= 0.6 is 11.3 Å². The summed E-state index contributed by atoms with van der Waals surface area (Å²) in [6.45, 7) is 2.35. The Hall–Kier alpha value is -2.48. The average Bonchev–Trinajstić information content (AvgIpc) is 3.22. The lowest BCUT2D eigenvalue weighted by molar-refractivity contribution is -0.138. The number of benzene rings is 1. The van der Waals surface area contributed by atoms with Crippen LogP contribution in [0.4, 0.5) is 8.78 Å². The van der Waals surface area contributed by atoms with Crippen LogP contribution in [0.25, 0.3) is 0 Å². The van der Waals surface area contributed by atoms with E-state index in [1.807, 2.05) is 4.90 Å². The van der Waals surface area contributed by atoms with Gasteiger partial charge in [-0.05, 0) is 35.6 Å². The van der Waals surface area contributed by atoms with Gasteiger partial charge in [0.05, 0.1) is 0 Å². The molecule has 1 aromatic heterocycles. The molecule has 1 aromatic carbocycles. The van der Waals surface area contributed by atoms with Crippen LogP contribution in [0.2, 0.25) is 0 Å². The molecule has 2 amide bonds. The number of rotatable bonds is 5. The Morgan fingerprint density at radius 2 is 1.77 bits per heavy atom. The maximum absolute atomic E-state index is 13.7. The lowest BCUT2D eigenvalue weighted by Gasteiger charge is -2.32. The summed E-state index contributed by atoms with van der Waals surface area (Å²) in [4.78, 5) is 29.9. The van der Waals surface area contributed by atoms with Crippen LogP contribution < -0.4 is 4.74 Å². The number of ether oxygens (including phenoxy) is 1. The van der Waals surface area contributed by atoms with E-state index in [0.717, 1.165) is 18.6 Å². The minimum absolute atomic E-state index is 0.0187. The van der Waals surface area contributed by atoms with Crippen molar-refractivity contribution in [1.82, 2.24) is 9.80 Å². The van der Waals surface area contributed by atoms with Crippen molar-refractivity contribution in [3.8, 4) is 5.75 Å².